The molecule has 1 aromatic carbocycles. The van der Waals surface area contributed by atoms with E-state index in [-0.39, 0.29) is 54.2 Å². The predicted molar refractivity (Wildman–Crippen MR) is 195 cm³/mol. The lowest BCUT2D eigenvalue weighted by Crippen LogP contribution is -2.54. The molecule has 1 aromatic rings. The van der Waals surface area contributed by atoms with Crippen LogP contribution in [-0.2, 0) is 23.9 Å². The van der Waals surface area contributed by atoms with Gasteiger partial charge in [-0.3, -0.25) is 14.4 Å². The lowest BCUT2D eigenvalue weighted by Gasteiger charge is -2.43. The van der Waals surface area contributed by atoms with Gasteiger partial charge in [0.05, 0.1) is 12.0 Å². The molecule has 1 aliphatic carbocycles. The number of carbonyl (C=O) groups is 4. The number of rotatable bonds is 6. The van der Waals surface area contributed by atoms with E-state index in [4.69, 9.17) is 21.1 Å². The number of likely N-dealkylation sites (tertiary alicyclic amines) is 2. The van der Waals surface area contributed by atoms with Crippen molar-refractivity contribution in [1.82, 2.24) is 24.5 Å². The Labute approximate surface area is 308 Å². The Morgan fingerprint density at radius 2 is 1.55 bits per heavy atom. The highest BCUT2D eigenvalue weighted by Gasteiger charge is 2.52. The SMILES string of the molecule is CN1CCN(C(=O)[C@@H]2C[C@H](N(C(=O)[C@@H]3CCCO3)C3CCC(C)(C)CC3)CN2C(=O)[C@@H]2CN(C(=O)OC(C)(C)C)C[C@H]2c2ccc(Cl)cc2)CC1. The van der Waals surface area contributed by atoms with Gasteiger partial charge in [-0.05, 0) is 95.9 Å². The van der Waals surface area contributed by atoms with Crippen molar-refractivity contribution in [3.8, 4) is 0 Å². The van der Waals surface area contributed by atoms with Gasteiger partial charge in [0, 0.05) is 69.4 Å². The number of benzene rings is 1. The predicted octanol–water partition coefficient (Wildman–Crippen LogP) is 5.01. The molecule has 0 unspecified atom stereocenters. The summed E-state index contributed by atoms with van der Waals surface area (Å²) >= 11 is 6.26. The Hall–Kier alpha value is -2.89. The molecule has 51 heavy (non-hydrogen) atoms. The molecular weight excluding hydrogens is 670 g/mol. The zero-order valence-electron chi connectivity index (χ0n) is 31.4. The van der Waals surface area contributed by atoms with Gasteiger partial charge in [0.2, 0.25) is 11.8 Å². The quantitative estimate of drug-likeness (QED) is 0.406. The maximum atomic E-state index is 15.1. The van der Waals surface area contributed by atoms with Crippen molar-refractivity contribution in [2.75, 3.05) is 59.5 Å². The zero-order chi connectivity index (χ0) is 36.7. The highest BCUT2D eigenvalue weighted by Crippen LogP contribution is 2.41. The number of likely N-dealkylation sites (N-methyl/N-ethyl adjacent to an activating group) is 1. The molecule has 0 bridgehead atoms. The first-order valence-electron chi connectivity index (χ1n) is 19.1. The third-order valence-electron chi connectivity index (χ3n) is 11.8. The van der Waals surface area contributed by atoms with Crippen molar-refractivity contribution >= 4 is 35.4 Å². The average Bonchev–Trinajstić information content (AvgIpc) is 3.86. The molecule has 5 fully saturated rings. The summed E-state index contributed by atoms with van der Waals surface area (Å²) in [4.78, 5) is 66.8. The number of amides is 4. The maximum absolute atomic E-state index is 15.1. The molecule has 0 spiro atoms. The Kier molecular flexibility index (Phi) is 11.3. The normalized spacial score (nSPS) is 29.0. The summed E-state index contributed by atoms with van der Waals surface area (Å²) in [6.07, 6.45) is 4.79. The summed E-state index contributed by atoms with van der Waals surface area (Å²) in [6, 6.07) is 6.46. The van der Waals surface area contributed by atoms with E-state index in [9.17, 15) is 14.4 Å². The second-order valence-corrected chi connectivity index (χ2v) is 17.8. The standard InChI is InChI=1S/C39H58ClN5O6/c1-38(2,3)51-37(49)43-24-30(26-9-11-27(40)12-10-26)31(25-43)34(46)44-23-29(22-32(44)35(47)42-19-17-41(6)18-20-42)45(36(48)33-8-7-21-50-33)28-13-15-39(4,5)16-14-28/h9-12,28-33H,7-8,13-25H2,1-6H3/t29-,30-,31+,32-,33-/m0/s1. The minimum Gasteiger partial charge on any atom is -0.444 e. The van der Waals surface area contributed by atoms with Gasteiger partial charge in [-0.25, -0.2) is 4.79 Å². The van der Waals surface area contributed by atoms with E-state index in [0.29, 0.717) is 44.1 Å². The average molecular weight is 728 g/mol. The van der Waals surface area contributed by atoms with Crippen LogP contribution in [0.3, 0.4) is 0 Å². The van der Waals surface area contributed by atoms with Crippen LogP contribution < -0.4 is 0 Å². The van der Waals surface area contributed by atoms with Crippen LogP contribution in [0.2, 0.25) is 5.02 Å². The highest BCUT2D eigenvalue weighted by atomic mass is 35.5. The van der Waals surface area contributed by atoms with E-state index >= 15 is 4.79 Å². The minimum absolute atomic E-state index is 0.00157. The van der Waals surface area contributed by atoms with Crippen LogP contribution in [0.1, 0.15) is 91.0 Å². The van der Waals surface area contributed by atoms with E-state index in [1.165, 1.54) is 0 Å². The van der Waals surface area contributed by atoms with Crippen molar-refractivity contribution in [2.45, 2.75) is 115 Å². The molecule has 0 N–H and O–H groups in total. The van der Waals surface area contributed by atoms with Gasteiger partial charge in [0.25, 0.3) is 5.91 Å². The smallest absolute Gasteiger partial charge is 0.410 e. The molecule has 12 heteroatoms. The maximum Gasteiger partial charge on any atom is 0.410 e. The monoisotopic (exact) mass is 727 g/mol. The third-order valence-corrected chi connectivity index (χ3v) is 12.1. The highest BCUT2D eigenvalue weighted by molar-refractivity contribution is 6.30. The van der Waals surface area contributed by atoms with E-state index < -0.39 is 29.8 Å². The van der Waals surface area contributed by atoms with Gasteiger partial charge < -0.3 is 34.0 Å². The van der Waals surface area contributed by atoms with Crippen molar-refractivity contribution in [1.29, 1.82) is 0 Å². The Morgan fingerprint density at radius 3 is 2.16 bits per heavy atom. The van der Waals surface area contributed by atoms with Gasteiger partial charge in [0.1, 0.15) is 17.7 Å². The topological polar surface area (TPSA) is 103 Å². The Balaban J connectivity index is 1.33. The van der Waals surface area contributed by atoms with Crippen molar-refractivity contribution < 1.29 is 28.7 Å². The lowest BCUT2D eigenvalue weighted by atomic mass is 9.75. The van der Waals surface area contributed by atoms with Crippen LogP contribution in [0.4, 0.5) is 4.79 Å². The summed E-state index contributed by atoms with van der Waals surface area (Å²) in [6.45, 7) is 14.1. The molecule has 0 radical (unpaired) electrons. The fraction of sp³-hybridized carbons (Fsp3) is 0.744. The van der Waals surface area contributed by atoms with Crippen molar-refractivity contribution in [2.24, 2.45) is 11.3 Å². The molecule has 0 aromatic heterocycles. The third kappa shape index (κ3) is 8.68. The van der Waals surface area contributed by atoms with Crippen LogP contribution >= 0.6 is 11.6 Å². The molecular formula is C39H58ClN5O6. The lowest BCUT2D eigenvalue weighted by molar-refractivity contribution is -0.148. The first-order chi connectivity index (χ1) is 24.1. The van der Waals surface area contributed by atoms with Crippen LogP contribution in [0.25, 0.3) is 0 Å². The fourth-order valence-corrected chi connectivity index (χ4v) is 8.91. The molecule has 4 heterocycles. The van der Waals surface area contributed by atoms with Crippen LogP contribution in [0, 0.1) is 11.3 Å². The van der Waals surface area contributed by atoms with Gasteiger partial charge in [-0.1, -0.05) is 37.6 Å². The number of hydrogen-bond donors (Lipinski definition) is 0. The van der Waals surface area contributed by atoms with Gasteiger partial charge >= 0.3 is 6.09 Å². The van der Waals surface area contributed by atoms with Gasteiger partial charge in [-0.15, -0.1) is 0 Å². The summed E-state index contributed by atoms with van der Waals surface area (Å²) in [5.41, 5.74) is 0.428. The summed E-state index contributed by atoms with van der Waals surface area (Å²) in [5, 5.41) is 0.589. The fourth-order valence-electron chi connectivity index (χ4n) is 8.78. The number of nitrogens with zero attached hydrogens (tertiary/aromatic N) is 5. The summed E-state index contributed by atoms with van der Waals surface area (Å²) in [7, 11) is 2.05. The largest absolute Gasteiger partial charge is 0.444 e. The molecule has 4 amide bonds. The second kappa shape index (κ2) is 15.2. The van der Waals surface area contributed by atoms with Gasteiger partial charge in [0.15, 0.2) is 0 Å². The van der Waals surface area contributed by atoms with Crippen molar-refractivity contribution in [3.63, 3.8) is 0 Å². The molecule has 5 aliphatic rings. The first-order valence-corrected chi connectivity index (χ1v) is 19.4. The van der Waals surface area contributed by atoms with E-state index in [0.717, 1.165) is 50.8 Å². The number of carbonyl (C=O) groups excluding carboxylic acids is 4. The number of ether oxygens (including phenoxy) is 2. The molecule has 5 atom stereocenters. The number of halogens is 1. The minimum atomic E-state index is -0.702. The van der Waals surface area contributed by atoms with Crippen LogP contribution in [0.15, 0.2) is 24.3 Å². The molecule has 4 saturated heterocycles. The van der Waals surface area contributed by atoms with E-state index in [1.54, 1.807) is 21.9 Å². The summed E-state index contributed by atoms with van der Waals surface area (Å²) < 4.78 is 11.7. The Bertz CT molecular complexity index is 1420. The van der Waals surface area contributed by atoms with E-state index in [1.807, 2.05) is 42.7 Å². The molecule has 282 valence electrons. The second-order valence-electron chi connectivity index (χ2n) is 17.3. The van der Waals surface area contributed by atoms with Crippen LogP contribution in [-0.4, -0.2) is 138 Å². The Morgan fingerprint density at radius 1 is 0.882 bits per heavy atom. The van der Waals surface area contributed by atoms with Gasteiger partial charge in [-0.2, -0.15) is 0 Å². The zero-order valence-corrected chi connectivity index (χ0v) is 32.2. The van der Waals surface area contributed by atoms with E-state index in [2.05, 4.69) is 25.8 Å². The molecule has 6 rings (SSSR count). The van der Waals surface area contributed by atoms with Crippen molar-refractivity contribution in [3.05, 3.63) is 34.9 Å². The van der Waals surface area contributed by atoms with Crippen LogP contribution in [0.5, 0.6) is 0 Å². The first kappa shape index (κ1) is 37.9. The molecule has 4 aliphatic heterocycles. The molecule has 1 saturated carbocycles. The summed E-state index contributed by atoms with van der Waals surface area (Å²) in [5.74, 6) is -1.13. The number of hydrogen-bond acceptors (Lipinski definition) is 7. The number of piperazine rings is 1. The molecule has 11 nitrogen and oxygen atoms in total.